The predicted molar refractivity (Wildman–Crippen MR) is 53.9 cm³/mol. The molecule has 0 amide bonds. The van der Waals surface area contributed by atoms with Crippen molar-refractivity contribution in [3.05, 3.63) is 17.2 Å². The van der Waals surface area contributed by atoms with Crippen molar-refractivity contribution in [1.82, 2.24) is 9.97 Å². The molecular formula is C11H18N2. The first-order chi connectivity index (χ1) is 6.31. The number of aromatic amines is 1. The van der Waals surface area contributed by atoms with Crippen LogP contribution in [0.3, 0.4) is 0 Å². The van der Waals surface area contributed by atoms with Gasteiger partial charge < -0.3 is 4.98 Å². The summed E-state index contributed by atoms with van der Waals surface area (Å²) in [6.07, 6.45) is 6.21. The van der Waals surface area contributed by atoms with Gasteiger partial charge in [-0.25, -0.2) is 4.98 Å². The molecule has 0 spiro atoms. The maximum Gasteiger partial charge on any atom is 0.109 e. The van der Waals surface area contributed by atoms with Crippen LogP contribution < -0.4 is 0 Å². The van der Waals surface area contributed by atoms with Crippen LogP contribution in [0.4, 0.5) is 0 Å². The highest BCUT2D eigenvalue weighted by molar-refractivity contribution is 5.18. The first kappa shape index (κ1) is 8.79. The lowest BCUT2D eigenvalue weighted by Crippen LogP contribution is -2.00. The second kappa shape index (κ2) is 3.52. The molecule has 1 atom stereocenters. The highest BCUT2D eigenvalue weighted by Gasteiger charge is 2.16. The summed E-state index contributed by atoms with van der Waals surface area (Å²) in [5, 5.41) is 0. The molecule has 1 aliphatic carbocycles. The molecule has 0 saturated carbocycles. The van der Waals surface area contributed by atoms with Gasteiger partial charge in [-0.15, -0.1) is 0 Å². The van der Waals surface area contributed by atoms with Crippen LogP contribution in [0.5, 0.6) is 0 Å². The summed E-state index contributed by atoms with van der Waals surface area (Å²) in [6, 6.07) is 0. The van der Waals surface area contributed by atoms with E-state index in [1.54, 1.807) is 0 Å². The summed E-state index contributed by atoms with van der Waals surface area (Å²) in [6.45, 7) is 4.45. The van der Waals surface area contributed by atoms with E-state index in [1.807, 2.05) is 0 Å². The second-order valence-corrected chi connectivity index (χ2v) is 4.06. The third-order valence-electron chi connectivity index (χ3n) is 3.05. The Balaban J connectivity index is 2.25. The van der Waals surface area contributed by atoms with Crippen LogP contribution in [0.2, 0.25) is 0 Å². The van der Waals surface area contributed by atoms with E-state index < -0.39 is 0 Å². The monoisotopic (exact) mass is 178 g/mol. The summed E-state index contributed by atoms with van der Waals surface area (Å²) in [5.41, 5.74) is 2.74. The fraction of sp³-hybridized carbons (Fsp3) is 0.727. The summed E-state index contributed by atoms with van der Waals surface area (Å²) < 4.78 is 0. The van der Waals surface area contributed by atoms with E-state index in [0.717, 1.165) is 0 Å². The predicted octanol–water partition coefficient (Wildman–Crippen LogP) is 2.80. The van der Waals surface area contributed by atoms with Crippen molar-refractivity contribution in [3.63, 3.8) is 0 Å². The minimum Gasteiger partial charge on any atom is -0.345 e. The summed E-state index contributed by atoms with van der Waals surface area (Å²) >= 11 is 0. The number of aromatic nitrogens is 2. The van der Waals surface area contributed by atoms with Gasteiger partial charge in [0.05, 0.1) is 5.69 Å². The first-order valence-corrected chi connectivity index (χ1v) is 5.39. The van der Waals surface area contributed by atoms with E-state index in [4.69, 9.17) is 0 Å². The van der Waals surface area contributed by atoms with Gasteiger partial charge >= 0.3 is 0 Å². The molecule has 0 fully saturated rings. The van der Waals surface area contributed by atoms with Gasteiger partial charge in [0.25, 0.3) is 0 Å². The lowest BCUT2D eigenvalue weighted by molar-refractivity contribution is 0.667. The number of rotatable bonds is 2. The van der Waals surface area contributed by atoms with E-state index in [0.29, 0.717) is 5.92 Å². The molecule has 0 saturated heterocycles. The molecule has 1 aromatic rings. The molecule has 2 nitrogen and oxygen atoms in total. The number of nitrogens with one attached hydrogen (secondary N) is 1. The maximum atomic E-state index is 4.67. The van der Waals surface area contributed by atoms with Crippen molar-refractivity contribution in [3.8, 4) is 0 Å². The molecule has 0 bridgehead atoms. The third kappa shape index (κ3) is 1.62. The van der Waals surface area contributed by atoms with Crippen LogP contribution in [0, 0.1) is 0 Å². The number of aryl methyl sites for hydroxylation is 2. The average molecular weight is 178 g/mol. The van der Waals surface area contributed by atoms with Crippen LogP contribution >= 0.6 is 0 Å². The van der Waals surface area contributed by atoms with E-state index in [-0.39, 0.29) is 0 Å². The van der Waals surface area contributed by atoms with Crippen LogP contribution in [0.1, 0.15) is 56.2 Å². The summed E-state index contributed by atoms with van der Waals surface area (Å²) in [4.78, 5) is 8.14. The number of hydrogen-bond donors (Lipinski definition) is 1. The first-order valence-electron chi connectivity index (χ1n) is 5.39. The number of imidazole rings is 1. The van der Waals surface area contributed by atoms with Crippen molar-refractivity contribution in [2.24, 2.45) is 0 Å². The van der Waals surface area contributed by atoms with Gasteiger partial charge in [-0.2, -0.15) is 0 Å². The molecule has 2 heteroatoms. The van der Waals surface area contributed by atoms with Crippen LogP contribution in [0.25, 0.3) is 0 Å². The lowest BCUT2D eigenvalue weighted by atomic mass is 10.0. The Morgan fingerprint density at radius 3 is 2.85 bits per heavy atom. The number of H-pyrrole nitrogens is 1. The van der Waals surface area contributed by atoms with Crippen LogP contribution in [-0.2, 0) is 12.8 Å². The lowest BCUT2D eigenvalue weighted by Gasteiger charge is -2.07. The Morgan fingerprint density at radius 2 is 2.15 bits per heavy atom. The molecule has 1 aliphatic rings. The van der Waals surface area contributed by atoms with Gasteiger partial charge in [-0.05, 0) is 32.1 Å². The fourth-order valence-corrected chi connectivity index (χ4v) is 1.90. The Bertz CT molecular complexity index is 265. The maximum absolute atomic E-state index is 4.67. The van der Waals surface area contributed by atoms with E-state index in [2.05, 4.69) is 23.8 Å². The quantitative estimate of drug-likeness (QED) is 0.741. The number of fused-ring (bicyclic) bond motifs is 1. The van der Waals surface area contributed by atoms with Crippen molar-refractivity contribution < 1.29 is 0 Å². The van der Waals surface area contributed by atoms with Gasteiger partial charge in [0.1, 0.15) is 5.82 Å². The highest BCUT2D eigenvalue weighted by atomic mass is 14.9. The van der Waals surface area contributed by atoms with Gasteiger partial charge in [0, 0.05) is 11.6 Å². The molecule has 1 N–H and O–H groups in total. The summed E-state index contributed by atoms with van der Waals surface area (Å²) in [5.74, 6) is 1.79. The molecule has 0 radical (unpaired) electrons. The topological polar surface area (TPSA) is 28.7 Å². The molecule has 1 aromatic heterocycles. The molecule has 1 heterocycles. The molecule has 0 aromatic carbocycles. The number of nitrogens with zero attached hydrogens (tertiary/aromatic N) is 1. The molecular weight excluding hydrogens is 160 g/mol. The van der Waals surface area contributed by atoms with Gasteiger partial charge in [0.15, 0.2) is 0 Å². The average Bonchev–Trinajstić information content (AvgIpc) is 2.59. The highest BCUT2D eigenvalue weighted by Crippen LogP contribution is 2.23. The van der Waals surface area contributed by atoms with E-state index in [9.17, 15) is 0 Å². The van der Waals surface area contributed by atoms with Crippen molar-refractivity contribution in [2.45, 2.75) is 51.9 Å². The minimum absolute atomic E-state index is 0.589. The Hall–Kier alpha value is -0.790. The van der Waals surface area contributed by atoms with Crippen molar-refractivity contribution in [2.75, 3.05) is 0 Å². The molecule has 2 rings (SSSR count). The molecule has 72 valence electrons. The Morgan fingerprint density at radius 1 is 1.38 bits per heavy atom. The van der Waals surface area contributed by atoms with Crippen LogP contribution in [0.15, 0.2) is 0 Å². The Labute approximate surface area is 79.8 Å². The standard InChI is InChI=1S/C11H18N2/c1-3-8(2)11-12-9-6-4-5-7-10(9)13-11/h8H,3-7H2,1-2H3,(H,12,13). The molecule has 0 aliphatic heterocycles. The third-order valence-corrected chi connectivity index (χ3v) is 3.05. The van der Waals surface area contributed by atoms with Gasteiger partial charge in [0.2, 0.25) is 0 Å². The van der Waals surface area contributed by atoms with E-state index >= 15 is 0 Å². The van der Waals surface area contributed by atoms with Gasteiger partial charge in [-0.3, -0.25) is 0 Å². The zero-order valence-corrected chi connectivity index (χ0v) is 8.56. The van der Waals surface area contributed by atoms with Crippen molar-refractivity contribution >= 4 is 0 Å². The Kier molecular flexibility index (Phi) is 2.38. The normalized spacial score (nSPS) is 18.3. The minimum atomic E-state index is 0.589. The number of hydrogen-bond acceptors (Lipinski definition) is 1. The van der Waals surface area contributed by atoms with Crippen LogP contribution in [-0.4, -0.2) is 9.97 Å². The largest absolute Gasteiger partial charge is 0.345 e. The SMILES string of the molecule is CCC(C)c1nc2c([nH]1)CCCC2. The molecule has 13 heavy (non-hydrogen) atoms. The molecule has 1 unspecified atom stereocenters. The fourth-order valence-electron chi connectivity index (χ4n) is 1.90. The smallest absolute Gasteiger partial charge is 0.109 e. The van der Waals surface area contributed by atoms with E-state index in [1.165, 1.54) is 49.3 Å². The zero-order valence-electron chi connectivity index (χ0n) is 8.56. The van der Waals surface area contributed by atoms with Gasteiger partial charge in [-0.1, -0.05) is 13.8 Å². The summed E-state index contributed by atoms with van der Waals surface area (Å²) in [7, 11) is 0. The van der Waals surface area contributed by atoms with Crippen molar-refractivity contribution in [1.29, 1.82) is 0 Å². The second-order valence-electron chi connectivity index (χ2n) is 4.06. The zero-order chi connectivity index (χ0) is 9.26.